The summed E-state index contributed by atoms with van der Waals surface area (Å²) in [5.74, 6) is 7.46. The van der Waals surface area contributed by atoms with Gasteiger partial charge in [-0.1, -0.05) is 27.2 Å². The van der Waals surface area contributed by atoms with Gasteiger partial charge in [-0.25, -0.2) is 15.8 Å². The lowest BCUT2D eigenvalue weighted by atomic mass is 10.0. The first-order chi connectivity index (χ1) is 9.13. The number of methoxy groups -OCH3 is 1. The van der Waals surface area contributed by atoms with Gasteiger partial charge in [0.25, 0.3) is 0 Å². The highest BCUT2D eigenvalue weighted by molar-refractivity contribution is 5.57. The Balaban J connectivity index is 2.97. The molecule has 0 bridgehead atoms. The topological polar surface area (TPSA) is 85.1 Å². The number of aromatic nitrogens is 2. The molecule has 0 radical (unpaired) electrons. The molecule has 4 N–H and O–H groups in total. The van der Waals surface area contributed by atoms with Crippen LogP contribution in [0.15, 0.2) is 6.33 Å². The van der Waals surface area contributed by atoms with Crippen LogP contribution in [0.5, 0.6) is 0 Å². The summed E-state index contributed by atoms with van der Waals surface area (Å²) in [6.07, 6.45) is 3.40. The van der Waals surface area contributed by atoms with E-state index in [-0.39, 0.29) is 6.04 Å². The number of nitrogens with one attached hydrogen (secondary N) is 2. The monoisotopic (exact) mass is 267 g/mol. The lowest BCUT2D eigenvalue weighted by Gasteiger charge is -2.24. The summed E-state index contributed by atoms with van der Waals surface area (Å²) in [5, 5.41) is 3.44. The molecule has 1 atom stereocenters. The maximum atomic E-state index is 5.51. The zero-order valence-electron chi connectivity index (χ0n) is 12.2. The minimum absolute atomic E-state index is 0.209. The predicted molar refractivity (Wildman–Crippen MR) is 78.0 cm³/mol. The largest absolute Gasteiger partial charge is 0.383 e. The first kappa shape index (κ1) is 15.7. The Bertz CT molecular complexity index is 383. The molecule has 1 unspecified atom stereocenters. The third kappa shape index (κ3) is 4.33. The standard InChI is InChI=1S/C13H25N5O/c1-5-6-10-12(15-8-16-13(10)18-14)17-11(7-19-4)9(2)3/h8-9,11H,5-7,14H2,1-4H3,(H2,15,16,17,18). The van der Waals surface area contributed by atoms with Crippen molar-refractivity contribution in [3.8, 4) is 0 Å². The lowest BCUT2D eigenvalue weighted by molar-refractivity contribution is 0.171. The number of nitrogens with zero attached hydrogens (tertiary/aromatic N) is 2. The lowest BCUT2D eigenvalue weighted by Crippen LogP contribution is -2.31. The predicted octanol–water partition coefficient (Wildman–Crippen LogP) is 1.80. The van der Waals surface area contributed by atoms with Crippen LogP contribution in [0.1, 0.15) is 32.8 Å². The number of nitrogens with two attached hydrogens (primary N) is 1. The number of anilines is 2. The van der Waals surface area contributed by atoms with E-state index in [1.54, 1.807) is 7.11 Å². The summed E-state index contributed by atoms with van der Waals surface area (Å²) in [6.45, 7) is 7.06. The van der Waals surface area contributed by atoms with Crippen LogP contribution in [0.4, 0.5) is 11.6 Å². The van der Waals surface area contributed by atoms with Crippen LogP contribution < -0.4 is 16.6 Å². The number of hydrogen-bond acceptors (Lipinski definition) is 6. The molecule has 1 rings (SSSR count). The first-order valence-corrected chi connectivity index (χ1v) is 6.69. The summed E-state index contributed by atoms with van der Waals surface area (Å²) in [4.78, 5) is 8.49. The van der Waals surface area contributed by atoms with Crippen molar-refractivity contribution in [1.29, 1.82) is 0 Å². The fraction of sp³-hybridized carbons (Fsp3) is 0.692. The molecule has 19 heavy (non-hydrogen) atoms. The van der Waals surface area contributed by atoms with E-state index in [2.05, 4.69) is 41.5 Å². The second kappa shape index (κ2) is 7.91. The van der Waals surface area contributed by atoms with E-state index in [9.17, 15) is 0 Å². The molecule has 108 valence electrons. The Morgan fingerprint density at radius 3 is 2.53 bits per heavy atom. The second-order valence-electron chi connectivity index (χ2n) is 4.89. The van der Waals surface area contributed by atoms with Crippen molar-refractivity contribution < 1.29 is 4.74 Å². The fourth-order valence-electron chi connectivity index (χ4n) is 1.90. The van der Waals surface area contributed by atoms with Crippen LogP contribution >= 0.6 is 0 Å². The first-order valence-electron chi connectivity index (χ1n) is 6.69. The third-order valence-electron chi connectivity index (χ3n) is 3.06. The highest BCUT2D eigenvalue weighted by atomic mass is 16.5. The molecule has 0 aliphatic carbocycles. The van der Waals surface area contributed by atoms with Gasteiger partial charge in [0.15, 0.2) is 0 Å². The van der Waals surface area contributed by atoms with Crippen LogP contribution in [-0.2, 0) is 11.2 Å². The van der Waals surface area contributed by atoms with Gasteiger partial charge in [0, 0.05) is 12.7 Å². The van der Waals surface area contributed by atoms with E-state index in [1.807, 2.05) is 0 Å². The van der Waals surface area contributed by atoms with Gasteiger partial charge >= 0.3 is 0 Å². The van der Waals surface area contributed by atoms with Crippen molar-refractivity contribution in [3.05, 3.63) is 11.9 Å². The number of rotatable bonds is 8. The smallest absolute Gasteiger partial charge is 0.148 e. The summed E-state index contributed by atoms with van der Waals surface area (Å²) >= 11 is 0. The minimum atomic E-state index is 0.209. The van der Waals surface area contributed by atoms with Crippen LogP contribution in [0.25, 0.3) is 0 Å². The van der Waals surface area contributed by atoms with Crippen molar-refractivity contribution >= 4 is 11.6 Å². The number of ether oxygens (including phenoxy) is 1. The van der Waals surface area contributed by atoms with Gasteiger partial charge < -0.3 is 15.5 Å². The molecule has 1 aromatic heterocycles. The fourth-order valence-corrected chi connectivity index (χ4v) is 1.90. The van der Waals surface area contributed by atoms with E-state index in [0.29, 0.717) is 18.3 Å². The quantitative estimate of drug-likeness (QED) is 0.492. The molecule has 0 amide bonds. The number of nitrogen functional groups attached to an aromatic ring is 1. The molecule has 1 aromatic rings. The zero-order valence-corrected chi connectivity index (χ0v) is 12.2. The summed E-state index contributed by atoms with van der Waals surface area (Å²) in [6, 6.07) is 0.209. The third-order valence-corrected chi connectivity index (χ3v) is 3.06. The normalized spacial score (nSPS) is 12.5. The molecule has 1 heterocycles. The molecule has 6 nitrogen and oxygen atoms in total. The van der Waals surface area contributed by atoms with Gasteiger partial charge in [0.2, 0.25) is 0 Å². The molecule has 0 aliphatic heterocycles. The average Bonchev–Trinajstić information content (AvgIpc) is 2.40. The van der Waals surface area contributed by atoms with Crippen molar-refractivity contribution in [1.82, 2.24) is 9.97 Å². The molecule has 0 fully saturated rings. The van der Waals surface area contributed by atoms with Crippen LogP contribution in [0.2, 0.25) is 0 Å². The maximum Gasteiger partial charge on any atom is 0.148 e. The Morgan fingerprint density at radius 2 is 2.00 bits per heavy atom. The molecular weight excluding hydrogens is 242 g/mol. The Kier molecular flexibility index (Phi) is 6.52. The highest BCUT2D eigenvalue weighted by Gasteiger charge is 2.17. The highest BCUT2D eigenvalue weighted by Crippen LogP contribution is 2.22. The Morgan fingerprint density at radius 1 is 1.32 bits per heavy atom. The molecule has 0 aliphatic rings. The van der Waals surface area contributed by atoms with E-state index in [1.165, 1.54) is 6.33 Å². The van der Waals surface area contributed by atoms with Crippen LogP contribution in [0, 0.1) is 5.92 Å². The van der Waals surface area contributed by atoms with Crippen molar-refractivity contribution in [2.24, 2.45) is 11.8 Å². The molecule has 0 saturated carbocycles. The molecule has 6 heteroatoms. The minimum Gasteiger partial charge on any atom is -0.383 e. The summed E-state index contributed by atoms with van der Waals surface area (Å²) in [5.41, 5.74) is 3.66. The van der Waals surface area contributed by atoms with Gasteiger partial charge in [-0.15, -0.1) is 0 Å². The molecule has 0 aromatic carbocycles. The summed E-state index contributed by atoms with van der Waals surface area (Å²) in [7, 11) is 1.71. The van der Waals surface area contributed by atoms with E-state index in [0.717, 1.165) is 24.2 Å². The van der Waals surface area contributed by atoms with Gasteiger partial charge in [-0.2, -0.15) is 0 Å². The van der Waals surface area contributed by atoms with E-state index >= 15 is 0 Å². The van der Waals surface area contributed by atoms with Gasteiger partial charge in [0.05, 0.1) is 12.6 Å². The molecule has 0 spiro atoms. The average molecular weight is 267 g/mol. The van der Waals surface area contributed by atoms with E-state index in [4.69, 9.17) is 10.6 Å². The number of hydrogen-bond donors (Lipinski definition) is 3. The van der Waals surface area contributed by atoms with E-state index < -0.39 is 0 Å². The molecular formula is C13H25N5O. The van der Waals surface area contributed by atoms with Gasteiger partial charge in [-0.3, -0.25) is 0 Å². The SMILES string of the molecule is CCCc1c(NN)ncnc1NC(COC)C(C)C. The maximum absolute atomic E-state index is 5.51. The zero-order chi connectivity index (χ0) is 14.3. The second-order valence-corrected chi connectivity index (χ2v) is 4.89. The van der Waals surface area contributed by atoms with Crippen molar-refractivity contribution in [3.63, 3.8) is 0 Å². The van der Waals surface area contributed by atoms with Gasteiger partial charge in [0.1, 0.15) is 18.0 Å². The Labute approximate surface area is 115 Å². The Hall–Kier alpha value is -1.40. The summed E-state index contributed by atoms with van der Waals surface area (Å²) < 4.78 is 5.25. The van der Waals surface area contributed by atoms with Crippen LogP contribution in [-0.4, -0.2) is 29.7 Å². The van der Waals surface area contributed by atoms with Crippen molar-refractivity contribution in [2.75, 3.05) is 24.5 Å². The van der Waals surface area contributed by atoms with Gasteiger partial charge in [-0.05, 0) is 12.3 Å². The van der Waals surface area contributed by atoms with Crippen LogP contribution in [0.3, 0.4) is 0 Å². The van der Waals surface area contributed by atoms with Crippen molar-refractivity contribution in [2.45, 2.75) is 39.7 Å². The molecule has 0 saturated heterocycles. The number of hydrazine groups is 1.